The van der Waals surface area contributed by atoms with E-state index in [1.54, 1.807) is 0 Å². The van der Waals surface area contributed by atoms with E-state index in [4.69, 9.17) is 4.74 Å². The number of benzene rings is 2. The van der Waals surface area contributed by atoms with Crippen molar-refractivity contribution < 1.29 is 14.3 Å². The summed E-state index contributed by atoms with van der Waals surface area (Å²) >= 11 is 0. The Morgan fingerprint density at radius 3 is 2.74 bits per heavy atom. The van der Waals surface area contributed by atoms with Gasteiger partial charge in [0.05, 0.1) is 0 Å². The average Bonchev–Trinajstić information content (AvgIpc) is 3.02. The van der Waals surface area contributed by atoms with Crippen LogP contribution in [-0.4, -0.2) is 43.0 Å². The summed E-state index contributed by atoms with van der Waals surface area (Å²) in [6, 6.07) is 15.1. The maximum atomic E-state index is 13.0. The van der Waals surface area contributed by atoms with Crippen LogP contribution in [-0.2, 0) is 4.74 Å². The summed E-state index contributed by atoms with van der Waals surface area (Å²) in [4.78, 5) is 27.4. The maximum Gasteiger partial charge on any atom is 0.256 e. The molecular weight excluding hydrogens is 390 g/mol. The van der Waals surface area contributed by atoms with Crippen LogP contribution in [0.1, 0.15) is 66.1 Å². The van der Waals surface area contributed by atoms with Crippen LogP contribution in [0, 0.1) is 5.92 Å². The van der Waals surface area contributed by atoms with Gasteiger partial charge in [-0.1, -0.05) is 38.1 Å². The molecule has 166 valence electrons. The molecule has 0 aromatic heterocycles. The highest BCUT2D eigenvalue weighted by Crippen LogP contribution is 2.34. The Kier molecular flexibility index (Phi) is 8.06. The van der Waals surface area contributed by atoms with Crippen molar-refractivity contribution in [3.05, 3.63) is 65.2 Å². The van der Waals surface area contributed by atoms with Gasteiger partial charge < -0.3 is 20.3 Å². The zero-order chi connectivity index (χ0) is 22.2. The third-order valence-corrected chi connectivity index (χ3v) is 5.39. The molecule has 2 N–H and O–H groups in total. The molecule has 0 saturated carbocycles. The Balaban J connectivity index is 1.74. The Morgan fingerprint density at radius 1 is 1.16 bits per heavy atom. The minimum Gasteiger partial charge on any atom is -0.382 e. The summed E-state index contributed by atoms with van der Waals surface area (Å²) in [5, 5.41) is 6.45. The van der Waals surface area contributed by atoms with Crippen LogP contribution in [0.15, 0.2) is 48.5 Å². The first-order valence-electron chi connectivity index (χ1n) is 11.1. The number of rotatable bonds is 11. The lowest BCUT2D eigenvalue weighted by molar-refractivity contribution is 0.0708. The molecule has 6 nitrogen and oxygen atoms in total. The molecule has 2 aromatic rings. The molecule has 2 aromatic carbocycles. The first-order chi connectivity index (χ1) is 15.0. The second-order valence-corrected chi connectivity index (χ2v) is 8.20. The van der Waals surface area contributed by atoms with Gasteiger partial charge in [0.2, 0.25) is 0 Å². The fourth-order valence-electron chi connectivity index (χ4n) is 3.72. The lowest BCUT2D eigenvalue weighted by atomic mass is 10.1. The van der Waals surface area contributed by atoms with E-state index in [0.717, 1.165) is 29.7 Å². The van der Waals surface area contributed by atoms with Crippen LogP contribution in [0.2, 0.25) is 0 Å². The lowest BCUT2D eigenvalue weighted by Gasteiger charge is -2.27. The van der Waals surface area contributed by atoms with Crippen LogP contribution in [0.3, 0.4) is 0 Å². The number of fused-ring (bicyclic) bond motifs is 1. The van der Waals surface area contributed by atoms with E-state index < -0.39 is 0 Å². The van der Waals surface area contributed by atoms with Crippen molar-refractivity contribution in [2.24, 2.45) is 5.92 Å². The molecule has 0 aliphatic carbocycles. The highest BCUT2D eigenvalue weighted by Gasteiger charge is 2.36. The van der Waals surface area contributed by atoms with Crippen LogP contribution in [0.4, 0.5) is 5.69 Å². The largest absolute Gasteiger partial charge is 0.382 e. The van der Waals surface area contributed by atoms with E-state index in [2.05, 4.69) is 24.5 Å². The predicted molar refractivity (Wildman–Crippen MR) is 123 cm³/mol. The first-order valence-corrected chi connectivity index (χ1v) is 11.1. The zero-order valence-electron chi connectivity index (χ0n) is 18.7. The number of ether oxygens (including phenoxy) is 1. The molecule has 0 spiro atoms. The van der Waals surface area contributed by atoms with Crippen LogP contribution < -0.4 is 10.6 Å². The minimum atomic E-state index is -0.274. The molecule has 2 amide bonds. The van der Waals surface area contributed by atoms with E-state index in [9.17, 15) is 9.59 Å². The molecule has 0 fully saturated rings. The molecule has 3 rings (SSSR count). The number of nitrogens with one attached hydrogen (secondary N) is 2. The van der Waals surface area contributed by atoms with Gasteiger partial charge in [-0.3, -0.25) is 9.59 Å². The highest BCUT2D eigenvalue weighted by atomic mass is 16.5. The molecular formula is C25H33N3O3. The standard InChI is InChI=1S/C25H33N3O3/c1-4-31-16-8-15-28-23(21-11-5-6-12-22(21)25(28)30)27-20-10-7-9-19(17-20)24(29)26-14-13-18(2)3/h5-7,9-12,17-18,23,27H,4,8,13-16H2,1-3H3,(H,26,29)/t23-/m0/s1. The van der Waals surface area contributed by atoms with Gasteiger partial charge in [0.1, 0.15) is 6.17 Å². The molecule has 0 saturated heterocycles. The van der Waals surface area contributed by atoms with Crippen molar-refractivity contribution in [3.8, 4) is 0 Å². The van der Waals surface area contributed by atoms with Gasteiger partial charge in [-0.25, -0.2) is 0 Å². The van der Waals surface area contributed by atoms with Gasteiger partial charge in [-0.05, 0) is 49.9 Å². The fraction of sp³-hybridized carbons (Fsp3) is 0.440. The number of amides is 2. The molecule has 1 aliphatic rings. The molecule has 1 atom stereocenters. The van der Waals surface area contributed by atoms with Gasteiger partial charge in [0, 0.05) is 48.7 Å². The molecule has 0 unspecified atom stereocenters. The van der Waals surface area contributed by atoms with Crippen LogP contribution in [0.25, 0.3) is 0 Å². The summed E-state index contributed by atoms with van der Waals surface area (Å²) in [6.07, 6.45) is 1.44. The SMILES string of the molecule is CCOCCCN1C(=O)c2ccccc2[C@H]1Nc1cccc(C(=O)NCCC(C)C)c1. The smallest absolute Gasteiger partial charge is 0.256 e. The van der Waals surface area contributed by atoms with Crippen molar-refractivity contribution in [1.82, 2.24) is 10.2 Å². The van der Waals surface area contributed by atoms with Gasteiger partial charge in [0.15, 0.2) is 0 Å². The second-order valence-electron chi connectivity index (χ2n) is 8.20. The van der Waals surface area contributed by atoms with Crippen molar-refractivity contribution in [2.75, 3.05) is 31.6 Å². The Bertz CT molecular complexity index is 897. The summed E-state index contributed by atoms with van der Waals surface area (Å²) in [7, 11) is 0. The molecule has 31 heavy (non-hydrogen) atoms. The van der Waals surface area contributed by atoms with Crippen LogP contribution in [0.5, 0.6) is 0 Å². The fourth-order valence-corrected chi connectivity index (χ4v) is 3.72. The van der Waals surface area contributed by atoms with E-state index in [1.807, 2.05) is 60.4 Å². The third-order valence-electron chi connectivity index (χ3n) is 5.39. The Hall–Kier alpha value is -2.86. The summed E-state index contributed by atoms with van der Waals surface area (Å²) in [5.74, 6) is 0.481. The molecule has 0 bridgehead atoms. The van der Waals surface area contributed by atoms with Crippen molar-refractivity contribution in [2.45, 2.75) is 39.8 Å². The molecule has 1 heterocycles. The van der Waals surface area contributed by atoms with Crippen molar-refractivity contribution in [3.63, 3.8) is 0 Å². The van der Waals surface area contributed by atoms with Gasteiger partial charge in [-0.2, -0.15) is 0 Å². The average molecular weight is 424 g/mol. The van der Waals surface area contributed by atoms with Crippen molar-refractivity contribution >= 4 is 17.5 Å². The number of hydrogen-bond acceptors (Lipinski definition) is 4. The Morgan fingerprint density at radius 2 is 1.97 bits per heavy atom. The minimum absolute atomic E-state index is 0.0205. The number of nitrogens with zero attached hydrogens (tertiary/aromatic N) is 1. The summed E-state index contributed by atoms with van der Waals surface area (Å²) in [5.41, 5.74) is 3.09. The van der Waals surface area contributed by atoms with Gasteiger partial charge in [0.25, 0.3) is 11.8 Å². The van der Waals surface area contributed by atoms with E-state index in [1.165, 1.54) is 0 Å². The molecule has 6 heteroatoms. The second kappa shape index (κ2) is 11.0. The van der Waals surface area contributed by atoms with Crippen molar-refractivity contribution in [1.29, 1.82) is 0 Å². The molecule has 0 radical (unpaired) electrons. The summed E-state index contributed by atoms with van der Waals surface area (Å²) in [6.45, 7) is 8.78. The van der Waals surface area contributed by atoms with Crippen LogP contribution >= 0.6 is 0 Å². The third kappa shape index (κ3) is 5.85. The topological polar surface area (TPSA) is 70.7 Å². The monoisotopic (exact) mass is 423 g/mol. The first kappa shape index (κ1) is 22.8. The quantitative estimate of drug-likeness (QED) is 0.524. The van der Waals surface area contributed by atoms with Gasteiger partial charge >= 0.3 is 0 Å². The summed E-state index contributed by atoms with van der Waals surface area (Å²) < 4.78 is 5.45. The normalized spacial score (nSPS) is 15.3. The van der Waals surface area contributed by atoms with E-state index >= 15 is 0 Å². The lowest BCUT2D eigenvalue weighted by Crippen LogP contribution is -2.33. The highest BCUT2D eigenvalue weighted by molar-refractivity contribution is 5.99. The predicted octanol–water partition coefficient (Wildman–Crippen LogP) is 4.46. The Labute approximate surface area is 185 Å². The van der Waals surface area contributed by atoms with E-state index in [-0.39, 0.29) is 18.0 Å². The number of hydrogen-bond donors (Lipinski definition) is 2. The number of anilines is 1. The molecule has 1 aliphatic heterocycles. The zero-order valence-corrected chi connectivity index (χ0v) is 18.7. The number of carbonyl (C=O) groups excluding carboxylic acids is 2. The maximum absolute atomic E-state index is 13.0. The number of carbonyl (C=O) groups is 2. The van der Waals surface area contributed by atoms with Gasteiger partial charge in [-0.15, -0.1) is 0 Å². The van der Waals surface area contributed by atoms with E-state index in [0.29, 0.717) is 37.8 Å².